The van der Waals surface area contributed by atoms with Crippen molar-refractivity contribution in [2.45, 2.75) is 13.8 Å². The van der Waals surface area contributed by atoms with Gasteiger partial charge in [0.2, 0.25) is 5.13 Å². The minimum absolute atomic E-state index is 0.384. The normalized spacial score (nSPS) is 11.8. The van der Waals surface area contributed by atoms with Gasteiger partial charge in [-0.2, -0.15) is 5.10 Å². The van der Waals surface area contributed by atoms with Crippen LogP contribution < -0.4 is 15.8 Å². The van der Waals surface area contributed by atoms with Gasteiger partial charge < -0.3 is 9.15 Å². The van der Waals surface area contributed by atoms with Crippen molar-refractivity contribution < 1.29 is 9.15 Å². The zero-order chi connectivity index (χ0) is 22.8. The van der Waals surface area contributed by atoms with E-state index in [4.69, 9.17) is 9.15 Å². The molecule has 2 aromatic heterocycles. The van der Waals surface area contributed by atoms with Gasteiger partial charge in [-0.05, 0) is 42.8 Å². The molecule has 164 valence electrons. The predicted octanol–water partition coefficient (Wildman–Crippen LogP) is 6.30. The van der Waals surface area contributed by atoms with Gasteiger partial charge in [0.05, 0.1) is 23.6 Å². The highest BCUT2D eigenvalue weighted by molar-refractivity contribution is 7.14. The number of benzene rings is 3. The lowest BCUT2D eigenvalue weighted by atomic mass is 10.1. The number of rotatable bonds is 6. The van der Waals surface area contributed by atoms with Crippen molar-refractivity contribution in [2.24, 2.45) is 5.10 Å². The van der Waals surface area contributed by atoms with Crippen molar-refractivity contribution in [3.63, 3.8) is 0 Å². The van der Waals surface area contributed by atoms with E-state index in [0.717, 1.165) is 16.6 Å². The third-order valence-electron chi connectivity index (χ3n) is 5.28. The lowest BCUT2D eigenvalue weighted by molar-refractivity contribution is 0.337. The van der Waals surface area contributed by atoms with Crippen LogP contribution in [0.1, 0.15) is 19.4 Å². The summed E-state index contributed by atoms with van der Waals surface area (Å²) in [5.74, 6) is 0.551. The minimum Gasteiger partial charge on any atom is -0.490 e. The maximum atomic E-state index is 12.6. The summed E-state index contributed by atoms with van der Waals surface area (Å²) in [4.78, 5) is 17.2. The first kappa shape index (κ1) is 20.9. The van der Waals surface area contributed by atoms with Crippen LogP contribution in [0.4, 0.5) is 5.13 Å². The first-order valence-corrected chi connectivity index (χ1v) is 11.5. The average molecular weight is 456 g/mol. The second-order valence-corrected chi connectivity index (χ2v) is 8.32. The van der Waals surface area contributed by atoms with E-state index in [9.17, 15) is 4.79 Å². The molecule has 0 bridgehead atoms. The summed E-state index contributed by atoms with van der Waals surface area (Å²) < 4.78 is 11.1. The summed E-state index contributed by atoms with van der Waals surface area (Å²) in [6.45, 7) is 4.14. The molecule has 3 aromatic carbocycles. The van der Waals surface area contributed by atoms with E-state index in [1.54, 1.807) is 19.1 Å². The third-order valence-corrected chi connectivity index (χ3v) is 6.03. The number of thiazole rings is 1. The van der Waals surface area contributed by atoms with Gasteiger partial charge in [0.15, 0.2) is 11.3 Å². The topological polar surface area (TPSA) is 76.7 Å². The molecule has 0 spiro atoms. The molecular formula is C26H21N3O3S. The Labute approximate surface area is 194 Å². The van der Waals surface area contributed by atoms with Crippen LogP contribution in [-0.4, -0.2) is 17.3 Å². The fourth-order valence-corrected chi connectivity index (χ4v) is 4.30. The molecule has 0 aliphatic heterocycles. The molecular weight excluding hydrogens is 434 g/mol. The van der Waals surface area contributed by atoms with Gasteiger partial charge in [-0.3, -0.25) is 5.43 Å². The van der Waals surface area contributed by atoms with Crippen LogP contribution in [0.5, 0.6) is 5.75 Å². The Hall–Kier alpha value is -3.97. The molecule has 6 nitrogen and oxygen atoms in total. The van der Waals surface area contributed by atoms with E-state index in [1.165, 1.54) is 22.1 Å². The number of aromatic nitrogens is 1. The summed E-state index contributed by atoms with van der Waals surface area (Å²) in [5.41, 5.74) is 5.75. The number of ether oxygens (including phenoxy) is 1. The molecule has 0 unspecified atom stereocenters. The highest BCUT2D eigenvalue weighted by Gasteiger charge is 2.12. The summed E-state index contributed by atoms with van der Waals surface area (Å²) in [7, 11) is 0. The monoisotopic (exact) mass is 455 g/mol. The van der Waals surface area contributed by atoms with Crippen molar-refractivity contribution in [1.29, 1.82) is 0 Å². The molecule has 0 atom stereocenters. The Morgan fingerprint density at radius 1 is 1.06 bits per heavy atom. The number of hydrazone groups is 1. The quantitative estimate of drug-likeness (QED) is 0.185. The smallest absolute Gasteiger partial charge is 0.345 e. The van der Waals surface area contributed by atoms with Gasteiger partial charge in [-0.15, -0.1) is 11.3 Å². The maximum Gasteiger partial charge on any atom is 0.345 e. The summed E-state index contributed by atoms with van der Waals surface area (Å²) in [6, 6.07) is 21.8. The standard InChI is InChI=1S/C26H21N3O3S/c1-3-31-23-10-6-9-20-14-21(25(30)32-24(20)23)16(2)28-29-26-27-22(15-33-26)19-12-11-17-7-4-5-8-18(17)13-19/h4-15H,3H2,1-2H3,(H,27,29)/b28-16+. The summed E-state index contributed by atoms with van der Waals surface area (Å²) in [5, 5.41) is 10.1. The molecule has 0 saturated carbocycles. The van der Waals surface area contributed by atoms with Crippen LogP contribution in [0.15, 0.2) is 86.4 Å². The molecule has 0 radical (unpaired) electrons. The Kier molecular flexibility index (Phi) is 5.62. The SMILES string of the molecule is CCOc1cccc2cc(/C(C)=N/Nc3nc(-c4ccc5ccccc5c4)cs3)c(=O)oc12. The van der Waals surface area contributed by atoms with Crippen LogP contribution in [-0.2, 0) is 0 Å². The zero-order valence-corrected chi connectivity index (χ0v) is 19.0. The van der Waals surface area contributed by atoms with Gasteiger partial charge in [0.25, 0.3) is 0 Å². The van der Waals surface area contributed by atoms with Crippen molar-refractivity contribution in [1.82, 2.24) is 4.98 Å². The van der Waals surface area contributed by atoms with E-state index < -0.39 is 5.63 Å². The number of hydrogen-bond donors (Lipinski definition) is 1. The molecule has 1 N–H and O–H groups in total. The number of fused-ring (bicyclic) bond motifs is 2. The van der Waals surface area contributed by atoms with Gasteiger partial charge in [0, 0.05) is 16.3 Å². The lowest BCUT2D eigenvalue weighted by Gasteiger charge is -2.07. The Bertz CT molecular complexity index is 1550. The minimum atomic E-state index is -0.464. The molecule has 5 rings (SSSR count). The highest BCUT2D eigenvalue weighted by atomic mass is 32.1. The fourth-order valence-electron chi connectivity index (χ4n) is 3.64. The Morgan fingerprint density at radius 2 is 1.88 bits per heavy atom. The van der Waals surface area contributed by atoms with E-state index in [-0.39, 0.29) is 0 Å². The molecule has 7 heteroatoms. The van der Waals surface area contributed by atoms with E-state index in [2.05, 4.69) is 45.8 Å². The highest BCUT2D eigenvalue weighted by Crippen LogP contribution is 2.28. The molecule has 0 aliphatic rings. The number of nitrogens with zero attached hydrogens (tertiary/aromatic N) is 2. The number of nitrogens with one attached hydrogen (secondary N) is 1. The molecule has 33 heavy (non-hydrogen) atoms. The fraction of sp³-hybridized carbons (Fsp3) is 0.115. The second kappa shape index (κ2) is 8.88. The molecule has 0 amide bonds. The average Bonchev–Trinajstić information content (AvgIpc) is 3.31. The molecule has 5 aromatic rings. The number of para-hydroxylation sites is 1. The van der Waals surface area contributed by atoms with Crippen molar-refractivity contribution in [3.05, 3.63) is 88.1 Å². The van der Waals surface area contributed by atoms with Crippen molar-refractivity contribution in [3.8, 4) is 17.0 Å². The Morgan fingerprint density at radius 3 is 2.73 bits per heavy atom. The summed E-state index contributed by atoms with van der Waals surface area (Å²) in [6.07, 6.45) is 0. The number of hydrogen-bond acceptors (Lipinski definition) is 7. The largest absolute Gasteiger partial charge is 0.490 e. The zero-order valence-electron chi connectivity index (χ0n) is 18.2. The maximum absolute atomic E-state index is 12.6. The van der Waals surface area contributed by atoms with E-state index in [1.807, 2.05) is 36.6 Å². The van der Waals surface area contributed by atoms with E-state index >= 15 is 0 Å². The number of anilines is 1. The van der Waals surface area contributed by atoms with Gasteiger partial charge in [0.1, 0.15) is 0 Å². The Balaban J connectivity index is 1.39. The second-order valence-electron chi connectivity index (χ2n) is 7.46. The van der Waals surface area contributed by atoms with E-state index in [0.29, 0.717) is 34.3 Å². The predicted molar refractivity (Wildman–Crippen MR) is 135 cm³/mol. The van der Waals surface area contributed by atoms with Gasteiger partial charge in [-0.25, -0.2) is 9.78 Å². The van der Waals surface area contributed by atoms with Gasteiger partial charge in [-0.1, -0.05) is 48.5 Å². The van der Waals surface area contributed by atoms with Crippen LogP contribution in [0, 0.1) is 0 Å². The lowest BCUT2D eigenvalue weighted by Crippen LogP contribution is -2.13. The molecule has 0 aliphatic carbocycles. The van der Waals surface area contributed by atoms with Crippen molar-refractivity contribution in [2.75, 3.05) is 12.0 Å². The van der Waals surface area contributed by atoms with Gasteiger partial charge >= 0.3 is 5.63 Å². The van der Waals surface area contributed by atoms with Crippen LogP contribution in [0.25, 0.3) is 33.0 Å². The summed E-state index contributed by atoms with van der Waals surface area (Å²) >= 11 is 1.45. The first-order chi connectivity index (χ1) is 16.1. The van der Waals surface area contributed by atoms with Crippen LogP contribution >= 0.6 is 11.3 Å². The third kappa shape index (κ3) is 4.23. The molecule has 0 saturated heterocycles. The molecule has 0 fully saturated rings. The van der Waals surface area contributed by atoms with Crippen LogP contribution in [0.2, 0.25) is 0 Å². The molecule has 2 heterocycles. The van der Waals surface area contributed by atoms with Crippen LogP contribution in [0.3, 0.4) is 0 Å². The first-order valence-electron chi connectivity index (χ1n) is 10.6. The van der Waals surface area contributed by atoms with Crippen molar-refractivity contribution >= 4 is 43.9 Å².